The number of amides is 1. The molecule has 6 nitrogen and oxygen atoms in total. The Bertz CT molecular complexity index is 643. The van der Waals surface area contributed by atoms with Crippen LogP contribution in [-0.4, -0.2) is 21.9 Å². The summed E-state index contributed by atoms with van der Waals surface area (Å²) in [5, 5.41) is 2.85. The number of hydrogen-bond acceptors (Lipinski definition) is 3. The number of carbonyl (C=O) groups is 1. The Kier molecular flexibility index (Phi) is 3.71. The fourth-order valence-corrected chi connectivity index (χ4v) is 1.91. The molecule has 5 N–H and O–H groups in total. The minimum Gasteiger partial charge on any atom is -0.348 e. The Morgan fingerprint density at radius 2 is 2.05 bits per heavy atom. The summed E-state index contributed by atoms with van der Waals surface area (Å²) in [4.78, 5) is 28.3. The molecule has 0 saturated heterocycles. The van der Waals surface area contributed by atoms with Gasteiger partial charge in [0.2, 0.25) is 5.91 Å². The Hall–Kier alpha value is -2.08. The zero-order valence-electron chi connectivity index (χ0n) is 11.0. The quantitative estimate of drug-likeness (QED) is 0.654. The lowest BCUT2D eigenvalue weighted by Gasteiger charge is -2.17. The molecule has 1 aromatic heterocycles. The molecule has 102 valence electrons. The van der Waals surface area contributed by atoms with Gasteiger partial charge in [-0.3, -0.25) is 4.79 Å². The molecule has 0 saturated carbocycles. The largest absolute Gasteiger partial charge is 0.348 e. The first kappa shape index (κ1) is 13.4. The summed E-state index contributed by atoms with van der Waals surface area (Å²) in [5.74, 6) is -0.169. The summed E-state index contributed by atoms with van der Waals surface area (Å²) in [6, 6.07) is 4.88. The van der Waals surface area contributed by atoms with E-state index in [1.54, 1.807) is 0 Å². The second-order valence-electron chi connectivity index (χ2n) is 4.63. The molecule has 0 aliphatic carbocycles. The Balaban J connectivity index is 2.19. The van der Waals surface area contributed by atoms with Gasteiger partial charge in [-0.15, -0.1) is 0 Å². The maximum Gasteiger partial charge on any atom is 0.323 e. The number of H-pyrrole nitrogens is 2. The highest BCUT2D eigenvalue weighted by Crippen LogP contribution is 2.17. The minimum atomic E-state index is -0.488. The van der Waals surface area contributed by atoms with Crippen LogP contribution in [0.4, 0.5) is 0 Å². The predicted octanol–water partition coefficient (Wildman–Crippen LogP) is 0.771. The molecular weight excluding hydrogens is 244 g/mol. The lowest BCUT2D eigenvalue weighted by molar-refractivity contribution is -0.123. The first-order chi connectivity index (χ1) is 9.01. The lowest BCUT2D eigenvalue weighted by atomic mass is 10.1. The number of nitrogens with two attached hydrogens (primary N) is 1. The van der Waals surface area contributed by atoms with Gasteiger partial charge in [-0.1, -0.05) is 13.0 Å². The average Bonchev–Trinajstić information content (AvgIpc) is 2.76. The van der Waals surface area contributed by atoms with E-state index in [1.807, 2.05) is 32.0 Å². The van der Waals surface area contributed by atoms with Crippen molar-refractivity contribution in [3.63, 3.8) is 0 Å². The molecule has 2 aromatic rings. The SMILES string of the molecule is CC[C@H](N)C(=O)NC(C)c1ccc2[nH]c(=O)[nH]c2c1. The van der Waals surface area contributed by atoms with Gasteiger partial charge in [0.1, 0.15) is 0 Å². The highest BCUT2D eigenvalue weighted by molar-refractivity contribution is 5.82. The first-order valence-electron chi connectivity index (χ1n) is 6.29. The molecule has 0 aliphatic rings. The summed E-state index contributed by atoms with van der Waals surface area (Å²) in [6.45, 7) is 3.75. The van der Waals surface area contributed by atoms with E-state index in [2.05, 4.69) is 15.3 Å². The molecule has 2 rings (SSSR count). The van der Waals surface area contributed by atoms with Crippen LogP contribution in [0.25, 0.3) is 11.0 Å². The third-order valence-electron chi connectivity index (χ3n) is 3.18. The molecule has 2 atom stereocenters. The van der Waals surface area contributed by atoms with E-state index in [1.165, 1.54) is 0 Å². The van der Waals surface area contributed by atoms with Crippen molar-refractivity contribution in [1.82, 2.24) is 15.3 Å². The van der Waals surface area contributed by atoms with Gasteiger partial charge in [-0.05, 0) is 31.0 Å². The van der Waals surface area contributed by atoms with Gasteiger partial charge in [0, 0.05) is 0 Å². The predicted molar refractivity (Wildman–Crippen MR) is 73.7 cm³/mol. The second-order valence-corrected chi connectivity index (χ2v) is 4.63. The van der Waals surface area contributed by atoms with Crippen LogP contribution in [0.5, 0.6) is 0 Å². The van der Waals surface area contributed by atoms with E-state index in [4.69, 9.17) is 5.73 Å². The van der Waals surface area contributed by atoms with E-state index in [-0.39, 0.29) is 17.6 Å². The minimum absolute atomic E-state index is 0.159. The van der Waals surface area contributed by atoms with Crippen LogP contribution in [-0.2, 0) is 4.79 Å². The van der Waals surface area contributed by atoms with Crippen molar-refractivity contribution < 1.29 is 4.79 Å². The number of aromatic nitrogens is 2. The highest BCUT2D eigenvalue weighted by Gasteiger charge is 2.15. The van der Waals surface area contributed by atoms with E-state index >= 15 is 0 Å². The van der Waals surface area contributed by atoms with Gasteiger partial charge in [-0.25, -0.2) is 4.79 Å². The maximum absolute atomic E-state index is 11.7. The summed E-state index contributed by atoms with van der Waals surface area (Å²) in [7, 11) is 0. The van der Waals surface area contributed by atoms with E-state index in [9.17, 15) is 9.59 Å². The summed E-state index contributed by atoms with van der Waals surface area (Å²) in [6.07, 6.45) is 0.600. The lowest BCUT2D eigenvalue weighted by Crippen LogP contribution is -2.41. The molecule has 1 heterocycles. The van der Waals surface area contributed by atoms with E-state index < -0.39 is 6.04 Å². The molecule has 1 unspecified atom stereocenters. The van der Waals surface area contributed by atoms with Gasteiger partial charge in [0.15, 0.2) is 0 Å². The number of nitrogens with one attached hydrogen (secondary N) is 3. The molecule has 19 heavy (non-hydrogen) atoms. The van der Waals surface area contributed by atoms with Crippen molar-refractivity contribution in [2.24, 2.45) is 5.73 Å². The van der Waals surface area contributed by atoms with Gasteiger partial charge >= 0.3 is 5.69 Å². The average molecular weight is 262 g/mol. The highest BCUT2D eigenvalue weighted by atomic mass is 16.2. The third kappa shape index (κ3) is 2.85. The van der Waals surface area contributed by atoms with Gasteiger partial charge in [0.05, 0.1) is 23.1 Å². The van der Waals surface area contributed by atoms with Crippen LogP contribution in [0.2, 0.25) is 0 Å². The normalized spacial score (nSPS) is 14.3. The number of imidazole rings is 1. The first-order valence-corrected chi connectivity index (χ1v) is 6.29. The van der Waals surface area contributed by atoms with Crippen molar-refractivity contribution >= 4 is 16.9 Å². The number of hydrogen-bond donors (Lipinski definition) is 4. The molecule has 6 heteroatoms. The number of carbonyl (C=O) groups excluding carboxylic acids is 1. The van der Waals surface area contributed by atoms with Crippen molar-refractivity contribution in [3.05, 3.63) is 34.2 Å². The molecule has 0 spiro atoms. The topological polar surface area (TPSA) is 104 Å². The number of aromatic amines is 2. The summed E-state index contributed by atoms with van der Waals surface area (Å²) in [5.41, 5.74) is 7.82. The van der Waals surface area contributed by atoms with Gasteiger partial charge < -0.3 is 21.0 Å². The zero-order valence-corrected chi connectivity index (χ0v) is 11.0. The van der Waals surface area contributed by atoms with Crippen molar-refractivity contribution in [1.29, 1.82) is 0 Å². The fourth-order valence-electron chi connectivity index (χ4n) is 1.91. The van der Waals surface area contributed by atoms with Crippen LogP contribution in [0, 0.1) is 0 Å². The van der Waals surface area contributed by atoms with Crippen LogP contribution in [0.15, 0.2) is 23.0 Å². The molecule has 1 aromatic carbocycles. The second kappa shape index (κ2) is 5.27. The van der Waals surface area contributed by atoms with Crippen LogP contribution in [0.3, 0.4) is 0 Å². The maximum atomic E-state index is 11.7. The molecule has 0 aliphatic heterocycles. The van der Waals surface area contributed by atoms with E-state index in [0.29, 0.717) is 6.42 Å². The third-order valence-corrected chi connectivity index (χ3v) is 3.18. The number of fused-ring (bicyclic) bond motifs is 1. The van der Waals surface area contributed by atoms with Gasteiger partial charge in [0.25, 0.3) is 0 Å². The summed E-state index contributed by atoms with van der Waals surface area (Å²) < 4.78 is 0. The van der Waals surface area contributed by atoms with Gasteiger partial charge in [-0.2, -0.15) is 0 Å². The molecule has 0 bridgehead atoms. The molecular formula is C13H18N4O2. The molecule has 0 fully saturated rings. The van der Waals surface area contributed by atoms with Crippen LogP contribution in [0.1, 0.15) is 31.9 Å². The summed E-state index contributed by atoms with van der Waals surface area (Å²) >= 11 is 0. The standard InChI is InChI=1S/C13H18N4O2/c1-3-9(14)12(18)15-7(2)8-4-5-10-11(6-8)17-13(19)16-10/h4-7,9H,3,14H2,1-2H3,(H,15,18)(H2,16,17,19)/t7?,9-/m0/s1. The number of rotatable bonds is 4. The molecule has 0 radical (unpaired) electrons. The van der Waals surface area contributed by atoms with Crippen molar-refractivity contribution in [2.45, 2.75) is 32.4 Å². The van der Waals surface area contributed by atoms with E-state index in [0.717, 1.165) is 16.6 Å². The Morgan fingerprint density at radius 3 is 2.74 bits per heavy atom. The fraction of sp³-hybridized carbons (Fsp3) is 0.385. The Labute approximate surface area is 110 Å². The van der Waals surface area contributed by atoms with Crippen LogP contribution >= 0.6 is 0 Å². The zero-order chi connectivity index (χ0) is 14.0. The molecule has 1 amide bonds. The Morgan fingerprint density at radius 1 is 1.37 bits per heavy atom. The number of benzene rings is 1. The smallest absolute Gasteiger partial charge is 0.323 e. The monoisotopic (exact) mass is 262 g/mol. The van der Waals surface area contributed by atoms with Crippen molar-refractivity contribution in [3.8, 4) is 0 Å². The van der Waals surface area contributed by atoms with Crippen molar-refractivity contribution in [2.75, 3.05) is 0 Å². The van der Waals surface area contributed by atoms with Crippen LogP contribution < -0.4 is 16.7 Å².